The van der Waals surface area contributed by atoms with E-state index in [1.54, 1.807) is 0 Å². The molecule has 1 saturated heterocycles. The van der Waals surface area contributed by atoms with Crippen molar-refractivity contribution in [2.75, 3.05) is 13.2 Å². The quantitative estimate of drug-likeness (QED) is 0.705. The molecule has 2 unspecified atom stereocenters. The SMILES string of the molecule is CCC(CCO)N1CCC(NC(C)C)C1=O. The van der Waals surface area contributed by atoms with E-state index in [9.17, 15) is 4.79 Å². The Morgan fingerprint density at radius 3 is 2.75 bits per heavy atom. The number of rotatable bonds is 6. The fourth-order valence-electron chi connectivity index (χ4n) is 2.35. The fourth-order valence-corrected chi connectivity index (χ4v) is 2.35. The number of hydrogen-bond acceptors (Lipinski definition) is 3. The van der Waals surface area contributed by atoms with E-state index in [1.807, 2.05) is 4.90 Å². The minimum atomic E-state index is -0.0206. The molecule has 4 nitrogen and oxygen atoms in total. The summed E-state index contributed by atoms with van der Waals surface area (Å²) in [5, 5.41) is 12.3. The van der Waals surface area contributed by atoms with Gasteiger partial charge in [0, 0.05) is 25.2 Å². The van der Waals surface area contributed by atoms with Gasteiger partial charge < -0.3 is 15.3 Å². The summed E-state index contributed by atoms with van der Waals surface area (Å²) in [4.78, 5) is 14.0. The van der Waals surface area contributed by atoms with Gasteiger partial charge in [-0.25, -0.2) is 0 Å². The molecule has 0 aliphatic carbocycles. The van der Waals surface area contributed by atoms with Crippen molar-refractivity contribution in [1.82, 2.24) is 10.2 Å². The van der Waals surface area contributed by atoms with Crippen LogP contribution in [-0.4, -0.2) is 47.2 Å². The van der Waals surface area contributed by atoms with Crippen LogP contribution in [0.2, 0.25) is 0 Å². The molecule has 1 amide bonds. The summed E-state index contributed by atoms with van der Waals surface area (Å²) in [6.07, 6.45) is 2.50. The largest absolute Gasteiger partial charge is 0.396 e. The van der Waals surface area contributed by atoms with Crippen molar-refractivity contribution in [2.45, 2.75) is 58.2 Å². The molecule has 0 spiro atoms. The van der Waals surface area contributed by atoms with Crippen molar-refractivity contribution in [1.29, 1.82) is 0 Å². The highest BCUT2D eigenvalue weighted by molar-refractivity contribution is 5.84. The highest BCUT2D eigenvalue weighted by atomic mass is 16.3. The summed E-state index contributed by atoms with van der Waals surface area (Å²) in [7, 11) is 0. The number of carbonyl (C=O) groups excluding carboxylic acids is 1. The van der Waals surface area contributed by atoms with Crippen LogP contribution in [0.15, 0.2) is 0 Å². The smallest absolute Gasteiger partial charge is 0.240 e. The first-order valence-corrected chi connectivity index (χ1v) is 6.27. The molecule has 0 aromatic rings. The molecular formula is C12H24N2O2. The van der Waals surface area contributed by atoms with Gasteiger partial charge in [-0.15, -0.1) is 0 Å². The highest BCUT2D eigenvalue weighted by Crippen LogP contribution is 2.18. The average molecular weight is 228 g/mol. The van der Waals surface area contributed by atoms with Crippen molar-refractivity contribution >= 4 is 5.91 Å². The Morgan fingerprint density at radius 2 is 2.25 bits per heavy atom. The first-order chi connectivity index (χ1) is 7.60. The van der Waals surface area contributed by atoms with Crippen LogP contribution in [0.3, 0.4) is 0 Å². The first kappa shape index (κ1) is 13.5. The number of aliphatic hydroxyl groups excluding tert-OH is 1. The lowest BCUT2D eigenvalue weighted by Crippen LogP contribution is -2.44. The molecule has 1 aliphatic heterocycles. The van der Waals surface area contributed by atoms with Crippen molar-refractivity contribution in [2.24, 2.45) is 0 Å². The maximum Gasteiger partial charge on any atom is 0.240 e. The summed E-state index contributed by atoms with van der Waals surface area (Å²) in [5.41, 5.74) is 0. The van der Waals surface area contributed by atoms with Gasteiger partial charge in [-0.2, -0.15) is 0 Å². The number of aliphatic hydroxyl groups is 1. The van der Waals surface area contributed by atoms with Gasteiger partial charge in [-0.05, 0) is 19.3 Å². The third kappa shape index (κ3) is 3.19. The van der Waals surface area contributed by atoms with Gasteiger partial charge >= 0.3 is 0 Å². The van der Waals surface area contributed by atoms with E-state index in [2.05, 4.69) is 26.1 Å². The fraction of sp³-hybridized carbons (Fsp3) is 0.917. The molecule has 0 saturated carbocycles. The van der Waals surface area contributed by atoms with Crippen LogP contribution in [0.4, 0.5) is 0 Å². The number of nitrogens with one attached hydrogen (secondary N) is 1. The molecule has 1 rings (SSSR count). The minimum absolute atomic E-state index is 0.0206. The van der Waals surface area contributed by atoms with Crippen LogP contribution < -0.4 is 5.32 Å². The Hall–Kier alpha value is -0.610. The molecule has 16 heavy (non-hydrogen) atoms. The zero-order valence-corrected chi connectivity index (χ0v) is 10.6. The van der Waals surface area contributed by atoms with Crippen LogP contribution >= 0.6 is 0 Å². The lowest BCUT2D eigenvalue weighted by molar-refractivity contribution is -0.131. The molecule has 0 aromatic carbocycles. The molecule has 94 valence electrons. The second kappa shape index (κ2) is 6.21. The predicted octanol–water partition coefficient (Wildman–Crippen LogP) is 0.746. The number of amides is 1. The topological polar surface area (TPSA) is 52.6 Å². The lowest BCUT2D eigenvalue weighted by Gasteiger charge is -2.27. The molecule has 1 heterocycles. The second-order valence-corrected chi connectivity index (χ2v) is 4.77. The van der Waals surface area contributed by atoms with Crippen molar-refractivity contribution in [3.63, 3.8) is 0 Å². The van der Waals surface area contributed by atoms with Gasteiger partial charge in [-0.1, -0.05) is 20.8 Å². The van der Waals surface area contributed by atoms with Gasteiger partial charge in [0.2, 0.25) is 5.91 Å². The molecule has 2 N–H and O–H groups in total. The third-order valence-corrected chi connectivity index (χ3v) is 3.15. The Morgan fingerprint density at radius 1 is 1.56 bits per heavy atom. The van der Waals surface area contributed by atoms with Crippen LogP contribution in [0.25, 0.3) is 0 Å². The van der Waals surface area contributed by atoms with Gasteiger partial charge in [0.1, 0.15) is 0 Å². The summed E-state index contributed by atoms with van der Waals surface area (Å²) in [6, 6.07) is 0.524. The summed E-state index contributed by atoms with van der Waals surface area (Å²) in [6.45, 7) is 7.16. The van der Waals surface area contributed by atoms with Gasteiger partial charge in [0.15, 0.2) is 0 Å². The van der Waals surface area contributed by atoms with E-state index in [0.717, 1.165) is 19.4 Å². The standard InChI is InChI=1S/C12H24N2O2/c1-4-10(6-8-15)14-7-5-11(12(14)16)13-9(2)3/h9-11,13,15H,4-8H2,1-3H3. The Balaban J connectivity index is 2.54. The molecule has 2 atom stereocenters. The monoisotopic (exact) mass is 228 g/mol. The summed E-state index contributed by atoms with van der Waals surface area (Å²) >= 11 is 0. The minimum Gasteiger partial charge on any atom is -0.396 e. The molecule has 0 bridgehead atoms. The Labute approximate surface area is 98.0 Å². The van der Waals surface area contributed by atoms with Crippen molar-refractivity contribution < 1.29 is 9.90 Å². The molecule has 1 aliphatic rings. The lowest BCUT2D eigenvalue weighted by atomic mass is 10.1. The second-order valence-electron chi connectivity index (χ2n) is 4.77. The van der Waals surface area contributed by atoms with E-state index < -0.39 is 0 Å². The highest BCUT2D eigenvalue weighted by Gasteiger charge is 2.34. The maximum absolute atomic E-state index is 12.1. The molecule has 0 aromatic heterocycles. The first-order valence-electron chi connectivity index (χ1n) is 6.27. The zero-order chi connectivity index (χ0) is 12.1. The number of hydrogen-bond donors (Lipinski definition) is 2. The van der Waals surface area contributed by atoms with Crippen LogP contribution in [0.1, 0.15) is 40.0 Å². The molecular weight excluding hydrogens is 204 g/mol. The number of likely N-dealkylation sites (tertiary alicyclic amines) is 1. The normalized spacial score (nSPS) is 23.2. The Bertz CT molecular complexity index is 231. The average Bonchev–Trinajstić information content (AvgIpc) is 2.57. The van der Waals surface area contributed by atoms with E-state index in [1.165, 1.54) is 0 Å². The summed E-state index contributed by atoms with van der Waals surface area (Å²) in [5.74, 6) is 0.203. The van der Waals surface area contributed by atoms with Crippen LogP contribution in [0.5, 0.6) is 0 Å². The molecule has 0 radical (unpaired) electrons. The number of nitrogens with zero attached hydrogens (tertiary/aromatic N) is 1. The van der Waals surface area contributed by atoms with Gasteiger partial charge in [-0.3, -0.25) is 4.79 Å². The van der Waals surface area contributed by atoms with Crippen molar-refractivity contribution in [3.8, 4) is 0 Å². The predicted molar refractivity (Wildman–Crippen MR) is 64.2 cm³/mol. The number of carbonyl (C=O) groups is 1. The molecule has 1 fully saturated rings. The maximum atomic E-state index is 12.1. The van der Waals surface area contributed by atoms with E-state index in [-0.39, 0.29) is 24.6 Å². The van der Waals surface area contributed by atoms with Crippen molar-refractivity contribution in [3.05, 3.63) is 0 Å². The zero-order valence-electron chi connectivity index (χ0n) is 10.6. The van der Waals surface area contributed by atoms with Crippen LogP contribution in [-0.2, 0) is 4.79 Å². The van der Waals surface area contributed by atoms with E-state index in [0.29, 0.717) is 12.5 Å². The summed E-state index contributed by atoms with van der Waals surface area (Å²) < 4.78 is 0. The van der Waals surface area contributed by atoms with E-state index >= 15 is 0 Å². The third-order valence-electron chi connectivity index (χ3n) is 3.15. The van der Waals surface area contributed by atoms with Crippen LogP contribution in [0, 0.1) is 0 Å². The van der Waals surface area contributed by atoms with Gasteiger partial charge in [0.25, 0.3) is 0 Å². The Kier molecular flexibility index (Phi) is 5.22. The van der Waals surface area contributed by atoms with Gasteiger partial charge in [0.05, 0.1) is 6.04 Å². The molecule has 4 heteroatoms. The van der Waals surface area contributed by atoms with E-state index in [4.69, 9.17) is 5.11 Å².